The van der Waals surface area contributed by atoms with Gasteiger partial charge in [-0.25, -0.2) is 8.42 Å². The Morgan fingerprint density at radius 2 is 2.33 bits per heavy atom. The predicted octanol–water partition coefficient (Wildman–Crippen LogP) is 0.789. The quantitative estimate of drug-likeness (QED) is 0.801. The Labute approximate surface area is 128 Å². The molecule has 0 radical (unpaired) electrons. The van der Waals surface area contributed by atoms with Crippen molar-refractivity contribution < 1.29 is 18.3 Å². The molecule has 1 aromatic rings. The van der Waals surface area contributed by atoms with E-state index in [4.69, 9.17) is 5.11 Å². The standard InChI is InChI=1S/C14H17NO4S2/c16-7-2-1-4-11-6-8-20-13(11)14(17)15-10-12-5-3-9-21(12,18)19/h6,8,12,16H,2-3,5,7,9-10H2,(H,15,17). The molecule has 2 N–H and O–H groups in total. The number of nitrogens with one attached hydrogen (secondary N) is 1. The van der Waals surface area contributed by atoms with Crippen molar-refractivity contribution in [3.05, 3.63) is 21.9 Å². The van der Waals surface area contributed by atoms with E-state index in [0.29, 0.717) is 29.7 Å². The normalized spacial score (nSPS) is 19.8. The number of amides is 1. The average Bonchev–Trinajstić information content (AvgIpc) is 3.03. The summed E-state index contributed by atoms with van der Waals surface area (Å²) in [4.78, 5) is 12.6. The Hall–Kier alpha value is -1.36. The Balaban J connectivity index is 1.99. The van der Waals surface area contributed by atoms with E-state index in [9.17, 15) is 13.2 Å². The van der Waals surface area contributed by atoms with Crippen LogP contribution in [-0.2, 0) is 9.84 Å². The molecule has 0 aliphatic carbocycles. The molecular formula is C14H17NO4S2. The first kappa shape index (κ1) is 16.0. The van der Waals surface area contributed by atoms with E-state index >= 15 is 0 Å². The van der Waals surface area contributed by atoms with Crippen LogP contribution in [-0.4, -0.2) is 43.6 Å². The summed E-state index contributed by atoms with van der Waals surface area (Å²) in [5.41, 5.74) is 0.611. The molecule has 0 spiro atoms. The molecule has 1 aliphatic heterocycles. The van der Waals surface area contributed by atoms with Crippen LogP contribution in [0.3, 0.4) is 0 Å². The van der Waals surface area contributed by atoms with E-state index in [1.54, 1.807) is 11.4 Å². The van der Waals surface area contributed by atoms with Gasteiger partial charge in [-0.2, -0.15) is 0 Å². The lowest BCUT2D eigenvalue weighted by molar-refractivity contribution is 0.0957. The lowest BCUT2D eigenvalue weighted by Crippen LogP contribution is -2.34. The van der Waals surface area contributed by atoms with Gasteiger partial charge in [-0.3, -0.25) is 4.79 Å². The number of hydrogen-bond donors (Lipinski definition) is 2. The SMILES string of the molecule is O=C(NCC1CCCS1(=O)=O)c1sccc1C#CCCO. The third-order valence-electron chi connectivity index (χ3n) is 3.28. The van der Waals surface area contributed by atoms with Gasteiger partial charge < -0.3 is 10.4 Å². The van der Waals surface area contributed by atoms with Crippen LogP contribution in [0.4, 0.5) is 0 Å². The summed E-state index contributed by atoms with van der Waals surface area (Å²) in [6, 6.07) is 1.75. The summed E-state index contributed by atoms with van der Waals surface area (Å²) in [7, 11) is -3.05. The first-order valence-electron chi connectivity index (χ1n) is 6.71. The molecular weight excluding hydrogens is 310 g/mol. The minimum absolute atomic E-state index is 0.0157. The highest BCUT2D eigenvalue weighted by Crippen LogP contribution is 2.20. The lowest BCUT2D eigenvalue weighted by Gasteiger charge is -2.10. The van der Waals surface area contributed by atoms with Gasteiger partial charge in [-0.1, -0.05) is 11.8 Å². The highest BCUT2D eigenvalue weighted by Gasteiger charge is 2.31. The molecule has 114 valence electrons. The number of hydrogen-bond acceptors (Lipinski definition) is 5. The number of aliphatic hydroxyl groups is 1. The van der Waals surface area contributed by atoms with Crippen molar-refractivity contribution in [2.24, 2.45) is 0 Å². The molecule has 1 aliphatic rings. The van der Waals surface area contributed by atoms with Crippen LogP contribution in [0.15, 0.2) is 11.4 Å². The van der Waals surface area contributed by atoms with E-state index in [0.717, 1.165) is 0 Å². The summed E-state index contributed by atoms with van der Waals surface area (Å²) in [6.45, 7) is 0.140. The van der Waals surface area contributed by atoms with E-state index < -0.39 is 15.1 Å². The van der Waals surface area contributed by atoms with Crippen molar-refractivity contribution in [3.63, 3.8) is 0 Å². The summed E-state index contributed by atoms with van der Waals surface area (Å²) in [5, 5.41) is 12.7. The molecule has 1 atom stereocenters. The number of carbonyl (C=O) groups is 1. The van der Waals surface area contributed by atoms with Crippen molar-refractivity contribution in [1.29, 1.82) is 0 Å². The summed E-state index contributed by atoms with van der Waals surface area (Å²) >= 11 is 1.27. The van der Waals surface area contributed by atoms with Gasteiger partial charge in [0.2, 0.25) is 0 Å². The summed E-state index contributed by atoms with van der Waals surface area (Å²) in [5.74, 6) is 5.54. The minimum atomic E-state index is -3.05. The maximum absolute atomic E-state index is 12.1. The molecule has 1 saturated heterocycles. The fraction of sp³-hybridized carbons (Fsp3) is 0.500. The van der Waals surface area contributed by atoms with Crippen molar-refractivity contribution in [2.45, 2.75) is 24.5 Å². The average molecular weight is 327 g/mol. The number of thiophene rings is 1. The lowest BCUT2D eigenvalue weighted by atomic mass is 10.2. The summed E-state index contributed by atoms with van der Waals surface area (Å²) < 4.78 is 23.4. The topological polar surface area (TPSA) is 83.5 Å². The van der Waals surface area contributed by atoms with Gasteiger partial charge in [-0.05, 0) is 24.3 Å². The summed E-state index contributed by atoms with van der Waals surface area (Å²) in [6.07, 6.45) is 1.63. The van der Waals surface area contributed by atoms with Crippen LogP contribution in [0, 0.1) is 11.8 Å². The molecule has 7 heteroatoms. The maximum Gasteiger partial charge on any atom is 0.262 e. The molecule has 2 rings (SSSR count). The van der Waals surface area contributed by atoms with Gasteiger partial charge in [0.1, 0.15) is 4.88 Å². The van der Waals surface area contributed by atoms with E-state index in [1.807, 2.05) is 0 Å². The third kappa shape index (κ3) is 4.06. The van der Waals surface area contributed by atoms with Gasteiger partial charge in [0.25, 0.3) is 5.91 Å². The molecule has 5 nitrogen and oxygen atoms in total. The highest BCUT2D eigenvalue weighted by atomic mass is 32.2. The zero-order valence-electron chi connectivity index (χ0n) is 11.5. The smallest absolute Gasteiger partial charge is 0.262 e. The number of aliphatic hydroxyl groups excluding tert-OH is 1. The largest absolute Gasteiger partial charge is 0.395 e. The van der Waals surface area contributed by atoms with Crippen LogP contribution in [0.1, 0.15) is 34.5 Å². The van der Waals surface area contributed by atoms with Crippen LogP contribution in [0.2, 0.25) is 0 Å². The minimum Gasteiger partial charge on any atom is -0.395 e. The van der Waals surface area contributed by atoms with E-state index in [-0.39, 0.29) is 24.8 Å². The molecule has 1 aromatic heterocycles. The second-order valence-electron chi connectivity index (χ2n) is 4.78. The van der Waals surface area contributed by atoms with Crippen LogP contribution in [0.25, 0.3) is 0 Å². The van der Waals surface area contributed by atoms with Gasteiger partial charge >= 0.3 is 0 Å². The zero-order chi connectivity index (χ0) is 15.3. The van der Waals surface area contributed by atoms with Crippen LogP contribution >= 0.6 is 11.3 Å². The van der Waals surface area contributed by atoms with E-state index in [1.165, 1.54) is 11.3 Å². The maximum atomic E-state index is 12.1. The van der Waals surface area contributed by atoms with Gasteiger partial charge in [0, 0.05) is 18.5 Å². The zero-order valence-corrected chi connectivity index (χ0v) is 13.1. The van der Waals surface area contributed by atoms with Gasteiger partial charge in [0.05, 0.1) is 17.6 Å². The van der Waals surface area contributed by atoms with Gasteiger partial charge in [0.15, 0.2) is 9.84 Å². The van der Waals surface area contributed by atoms with Crippen LogP contribution in [0.5, 0.6) is 0 Å². The third-order valence-corrected chi connectivity index (χ3v) is 6.47. The Bertz CT molecular complexity index is 667. The number of sulfone groups is 1. The fourth-order valence-corrected chi connectivity index (χ4v) is 4.70. The molecule has 1 amide bonds. The van der Waals surface area contributed by atoms with Crippen molar-refractivity contribution in [2.75, 3.05) is 18.9 Å². The molecule has 1 unspecified atom stereocenters. The van der Waals surface area contributed by atoms with Gasteiger partial charge in [-0.15, -0.1) is 11.3 Å². The first-order valence-corrected chi connectivity index (χ1v) is 9.31. The fourth-order valence-electron chi connectivity index (χ4n) is 2.17. The second kappa shape index (κ2) is 7.07. The monoisotopic (exact) mass is 327 g/mol. The van der Waals surface area contributed by atoms with Crippen LogP contribution < -0.4 is 5.32 Å². The van der Waals surface area contributed by atoms with Crippen molar-refractivity contribution in [3.8, 4) is 11.8 Å². The van der Waals surface area contributed by atoms with E-state index in [2.05, 4.69) is 17.2 Å². The molecule has 21 heavy (non-hydrogen) atoms. The van der Waals surface area contributed by atoms with Crippen molar-refractivity contribution in [1.82, 2.24) is 5.32 Å². The molecule has 1 fully saturated rings. The first-order chi connectivity index (χ1) is 10.0. The number of rotatable bonds is 4. The Morgan fingerprint density at radius 3 is 3.00 bits per heavy atom. The van der Waals surface area contributed by atoms with Crippen molar-refractivity contribution >= 4 is 27.1 Å². The number of carbonyl (C=O) groups excluding carboxylic acids is 1. The molecule has 0 bridgehead atoms. The molecule has 2 heterocycles. The highest BCUT2D eigenvalue weighted by molar-refractivity contribution is 7.92. The second-order valence-corrected chi connectivity index (χ2v) is 8.10. The Morgan fingerprint density at radius 1 is 1.52 bits per heavy atom. The molecule has 0 aromatic carbocycles. The Kier molecular flexibility index (Phi) is 5.39. The predicted molar refractivity (Wildman–Crippen MR) is 82.0 cm³/mol. The molecule has 0 saturated carbocycles.